The highest BCUT2D eigenvalue weighted by molar-refractivity contribution is 6.28. The van der Waals surface area contributed by atoms with E-state index >= 15 is 0 Å². The summed E-state index contributed by atoms with van der Waals surface area (Å²) >= 11 is 5.94. The molecule has 1 aliphatic carbocycles. The minimum absolute atomic E-state index is 0.222. The molecule has 0 bridgehead atoms. The van der Waals surface area contributed by atoms with E-state index in [2.05, 4.69) is 27.2 Å². The molecular weight excluding hydrogens is 248 g/mol. The van der Waals surface area contributed by atoms with E-state index in [9.17, 15) is 0 Å². The van der Waals surface area contributed by atoms with Gasteiger partial charge in [0.05, 0.1) is 0 Å². The van der Waals surface area contributed by atoms with Gasteiger partial charge in [0.1, 0.15) is 0 Å². The van der Waals surface area contributed by atoms with Crippen molar-refractivity contribution in [3.8, 4) is 11.4 Å². The van der Waals surface area contributed by atoms with Gasteiger partial charge in [-0.05, 0) is 23.9 Å². The second-order valence-electron chi connectivity index (χ2n) is 4.58. The summed E-state index contributed by atoms with van der Waals surface area (Å²) in [5.41, 5.74) is 0.939. The largest absolute Gasteiger partial charge is 0.351 e. The van der Waals surface area contributed by atoms with Crippen molar-refractivity contribution in [1.82, 2.24) is 15.0 Å². The Hall–Kier alpha value is -1.68. The summed E-state index contributed by atoms with van der Waals surface area (Å²) in [6.45, 7) is 2.19. The molecule has 3 rings (SSSR count). The van der Waals surface area contributed by atoms with Crippen LogP contribution in [0.25, 0.3) is 11.4 Å². The van der Waals surface area contributed by atoms with Crippen molar-refractivity contribution in [3.63, 3.8) is 0 Å². The molecular formula is C13H13ClN4. The second-order valence-corrected chi connectivity index (χ2v) is 4.92. The van der Waals surface area contributed by atoms with Crippen molar-refractivity contribution in [2.75, 3.05) is 5.32 Å². The summed E-state index contributed by atoms with van der Waals surface area (Å²) < 4.78 is 0. The highest BCUT2D eigenvalue weighted by Crippen LogP contribution is 2.32. The molecule has 0 spiro atoms. The van der Waals surface area contributed by atoms with Crippen LogP contribution in [0.2, 0.25) is 5.28 Å². The molecule has 92 valence electrons. The fourth-order valence-corrected chi connectivity index (χ4v) is 1.98. The van der Waals surface area contributed by atoms with Gasteiger partial charge in [0, 0.05) is 11.6 Å². The number of aromatic nitrogens is 3. The van der Waals surface area contributed by atoms with E-state index in [4.69, 9.17) is 11.6 Å². The molecule has 1 saturated carbocycles. The van der Waals surface area contributed by atoms with Gasteiger partial charge in [0.25, 0.3) is 0 Å². The van der Waals surface area contributed by atoms with Crippen LogP contribution in [0.1, 0.15) is 13.3 Å². The number of anilines is 1. The number of nitrogens with one attached hydrogen (secondary N) is 1. The zero-order valence-electron chi connectivity index (χ0n) is 9.97. The maximum absolute atomic E-state index is 5.94. The highest BCUT2D eigenvalue weighted by Gasteiger charge is 2.33. The smallest absolute Gasteiger partial charge is 0.227 e. The Morgan fingerprint density at radius 3 is 2.56 bits per heavy atom. The summed E-state index contributed by atoms with van der Waals surface area (Å²) in [6, 6.07) is 10.2. The predicted octanol–water partition coefficient (Wildman–Crippen LogP) is 3.01. The first kappa shape index (κ1) is 11.4. The molecule has 2 atom stereocenters. The zero-order chi connectivity index (χ0) is 12.5. The molecule has 18 heavy (non-hydrogen) atoms. The lowest BCUT2D eigenvalue weighted by atomic mass is 10.2. The fraction of sp³-hybridized carbons (Fsp3) is 0.308. The minimum Gasteiger partial charge on any atom is -0.351 e. The Balaban J connectivity index is 1.91. The fourth-order valence-electron chi connectivity index (χ4n) is 1.82. The molecule has 5 heteroatoms. The van der Waals surface area contributed by atoms with Crippen molar-refractivity contribution < 1.29 is 0 Å². The molecule has 0 amide bonds. The Kier molecular flexibility index (Phi) is 2.88. The van der Waals surface area contributed by atoms with Crippen molar-refractivity contribution in [1.29, 1.82) is 0 Å². The molecule has 2 unspecified atom stereocenters. The van der Waals surface area contributed by atoms with Crippen LogP contribution in [0.5, 0.6) is 0 Å². The molecule has 1 aromatic carbocycles. The van der Waals surface area contributed by atoms with E-state index in [1.54, 1.807) is 0 Å². The number of hydrogen-bond acceptors (Lipinski definition) is 4. The van der Waals surface area contributed by atoms with Crippen molar-refractivity contribution in [2.45, 2.75) is 19.4 Å². The lowest BCUT2D eigenvalue weighted by Gasteiger charge is -2.06. The molecule has 4 nitrogen and oxygen atoms in total. The third kappa shape index (κ3) is 2.43. The van der Waals surface area contributed by atoms with Gasteiger partial charge >= 0.3 is 0 Å². The molecule has 0 saturated heterocycles. The predicted molar refractivity (Wildman–Crippen MR) is 71.5 cm³/mol. The van der Waals surface area contributed by atoms with Crippen LogP contribution >= 0.6 is 11.6 Å². The first-order valence-electron chi connectivity index (χ1n) is 5.96. The maximum atomic E-state index is 5.94. The van der Waals surface area contributed by atoms with E-state index < -0.39 is 0 Å². The van der Waals surface area contributed by atoms with Gasteiger partial charge < -0.3 is 5.32 Å². The standard InChI is InChI=1S/C13H13ClN4/c1-8-7-10(8)15-13-17-11(16-12(14)18-13)9-5-3-2-4-6-9/h2-6,8,10H,7H2,1H3,(H,15,16,17,18). The van der Waals surface area contributed by atoms with Crippen molar-refractivity contribution >= 4 is 17.5 Å². The van der Waals surface area contributed by atoms with Crippen LogP contribution in [-0.2, 0) is 0 Å². The van der Waals surface area contributed by atoms with Gasteiger partial charge in [-0.15, -0.1) is 0 Å². The van der Waals surface area contributed by atoms with E-state index in [1.807, 2.05) is 30.3 Å². The molecule has 1 aromatic heterocycles. The number of hydrogen-bond donors (Lipinski definition) is 1. The summed E-state index contributed by atoms with van der Waals surface area (Å²) in [4.78, 5) is 12.7. The first-order valence-corrected chi connectivity index (χ1v) is 6.34. The summed E-state index contributed by atoms with van der Waals surface area (Å²) in [6.07, 6.45) is 1.16. The zero-order valence-corrected chi connectivity index (χ0v) is 10.7. The van der Waals surface area contributed by atoms with Gasteiger partial charge in [-0.2, -0.15) is 15.0 Å². The Bertz CT molecular complexity index is 558. The Labute approximate surface area is 110 Å². The van der Waals surface area contributed by atoms with Crippen molar-refractivity contribution in [3.05, 3.63) is 35.6 Å². The Morgan fingerprint density at radius 1 is 1.17 bits per heavy atom. The van der Waals surface area contributed by atoms with Gasteiger partial charge in [-0.25, -0.2) is 0 Å². The number of benzene rings is 1. The van der Waals surface area contributed by atoms with E-state index in [-0.39, 0.29) is 5.28 Å². The van der Waals surface area contributed by atoms with Crippen LogP contribution in [0.3, 0.4) is 0 Å². The number of nitrogens with zero attached hydrogens (tertiary/aromatic N) is 3. The van der Waals surface area contributed by atoms with E-state index in [1.165, 1.54) is 0 Å². The lowest BCUT2D eigenvalue weighted by molar-refractivity contribution is 0.908. The van der Waals surface area contributed by atoms with E-state index in [0.29, 0.717) is 23.7 Å². The monoisotopic (exact) mass is 260 g/mol. The molecule has 0 radical (unpaired) electrons. The number of halogens is 1. The first-order chi connectivity index (χ1) is 8.72. The van der Waals surface area contributed by atoms with Crippen LogP contribution in [-0.4, -0.2) is 21.0 Å². The quantitative estimate of drug-likeness (QED) is 0.922. The third-order valence-electron chi connectivity index (χ3n) is 3.06. The third-order valence-corrected chi connectivity index (χ3v) is 3.23. The SMILES string of the molecule is CC1CC1Nc1nc(Cl)nc(-c2ccccc2)n1. The van der Waals surface area contributed by atoms with Crippen LogP contribution < -0.4 is 5.32 Å². The lowest BCUT2D eigenvalue weighted by Crippen LogP contribution is -2.09. The molecule has 2 aromatic rings. The van der Waals surface area contributed by atoms with Gasteiger partial charge in [-0.1, -0.05) is 37.3 Å². The topological polar surface area (TPSA) is 50.7 Å². The molecule has 1 aliphatic rings. The second kappa shape index (κ2) is 4.53. The Morgan fingerprint density at radius 2 is 1.89 bits per heavy atom. The maximum Gasteiger partial charge on any atom is 0.227 e. The molecule has 1 fully saturated rings. The van der Waals surface area contributed by atoms with Gasteiger partial charge in [-0.3, -0.25) is 0 Å². The average molecular weight is 261 g/mol. The molecule has 1 heterocycles. The molecule has 0 aliphatic heterocycles. The van der Waals surface area contributed by atoms with Crippen LogP contribution in [0, 0.1) is 5.92 Å². The highest BCUT2D eigenvalue weighted by atomic mass is 35.5. The van der Waals surface area contributed by atoms with Gasteiger partial charge in [0.15, 0.2) is 5.82 Å². The molecule has 1 N–H and O–H groups in total. The summed E-state index contributed by atoms with van der Waals surface area (Å²) in [7, 11) is 0. The van der Waals surface area contributed by atoms with E-state index in [0.717, 1.165) is 12.0 Å². The van der Waals surface area contributed by atoms with Crippen LogP contribution in [0.4, 0.5) is 5.95 Å². The number of rotatable bonds is 3. The average Bonchev–Trinajstić information content (AvgIpc) is 3.05. The van der Waals surface area contributed by atoms with Crippen molar-refractivity contribution in [2.24, 2.45) is 5.92 Å². The van der Waals surface area contributed by atoms with Gasteiger partial charge in [0.2, 0.25) is 11.2 Å². The summed E-state index contributed by atoms with van der Waals surface area (Å²) in [5.74, 6) is 1.84. The minimum atomic E-state index is 0.222. The summed E-state index contributed by atoms with van der Waals surface area (Å²) in [5, 5.41) is 3.49. The normalized spacial score (nSPS) is 21.7. The van der Waals surface area contributed by atoms with Crippen LogP contribution in [0.15, 0.2) is 30.3 Å².